The molecule has 0 amide bonds. The minimum absolute atomic E-state index is 0.648. The molecule has 96 valence electrons. The van der Waals surface area contributed by atoms with Gasteiger partial charge in [0.15, 0.2) is 0 Å². The molecule has 0 saturated heterocycles. The molecular weight excluding hydrogens is 272 g/mol. The molecule has 0 bridgehead atoms. The van der Waals surface area contributed by atoms with Gasteiger partial charge in [-0.1, -0.05) is 66.9 Å². The number of hydrogen-bond donors (Lipinski definition) is 0. The summed E-state index contributed by atoms with van der Waals surface area (Å²) in [6.07, 6.45) is 9.05. The van der Waals surface area contributed by atoms with Crippen LogP contribution in [0.15, 0.2) is 24.3 Å². The van der Waals surface area contributed by atoms with Gasteiger partial charge in [0.05, 0.1) is 0 Å². The Hall–Kier alpha value is -0.300. The summed E-state index contributed by atoms with van der Waals surface area (Å²) >= 11 is 3.62. The number of alkyl halides is 1. The molecule has 17 heavy (non-hydrogen) atoms. The lowest BCUT2D eigenvalue weighted by Crippen LogP contribution is -1.97. The summed E-state index contributed by atoms with van der Waals surface area (Å²) < 4.78 is 0. The fourth-order valence-electron chi connectivity index (χ4n) is 2.18. The van der Waals surface area contributed by atoms with Gasteiger partial charge in [0.25, 0.3) is 0 Å². The van der Waals surface area contributed by atoms with Crippen LogP contribution in [0, 0.1) is 0 Å². The third-order valence-electron chi connectivity index (χ3n) is 3.22. The van der Waals surface area contributed by atoms with Crippen LogP contribution in [0.5, 0.6) is 0 Å². The number of benzene rings is 1. The minimum Gasteiger partial charge on any atom is -0.0894 e. The zero-order chi connectivity index (χ0) is 12.5. The Morgan fingerprint density at radius 1 is 1.00 bits per heavy atom. The molecule has 1 aromatic rings. The maximum atomic E-state index is 3.62. The fraction of sp³-hybridized carbons (Fsp3) is 0.625. The molecule has 0 radical (unpaired) electrons. The molecule has 1 heteroatoms. The van der Waals surface area contributed by atoms with Crippen LogP contribution in [0.25, 0.3) is 0 Å². The lowest BCUT2D eigenvalue weighted by atomic mass is 9.97. The first kappa shape index (κ1) is 14.8. The van der Waals surface area contributed by atoms with Crippen molar-refractivity contribution in [3.05, 3.63) is 35.4 Å². The standard InChI is InChI=1S/C16H25Br/c1-3-4-5-10-15-11-6-7-12-16(15)13-8-9-14(2)17/h6-7,11-12,14H,3-5,8-10,13H2,1-2H3. The largest absolute Gasteiger partial charge is 0.0894 e. The summed E-state index contributed by atoms with van der Waals surface area (Å²) in [7, 11) is 0. The second-order valence-electron chi connectivity index (χ2n) is 4.90. The van der Waals surface area contributed by atoms with E-state index in [2.05, 4.69) is 54.0 Å². The molecule has 0 aliphatic heterocycles. The molecule has 1 aromatic carbocycles. The third kappa shape index (κ3) is 6.26. The molecule has 1 unspecified atom stereocenters. The van der Waals surface area contributed by atoms with Gasteiger partial charge in [-0.3, -0.25) is 0 Å². The predicted molar refractivity (Wildman–Crippen MR) is 81.0 cm³/mol. The molecule has 0 saturated carbocycles. The van der Waals surface area contributed by atoms with E-state index in [4.69, 9.17) is 0 Å². The molecule has 0 nitrogen and oxygen atoms in total. The maximum absolute atomic E-state index is 3.62. The second-order valence-corrected chi connectivity index (χ2v) is 6.46. The molecule has 1 rings (SSSR count). The van der Waals surface area contributed by atoms with Gasteiger partial charge in [0, 0.05) is 4.83 Å². The van der Waals surface area contributed by atoms with Crippen molar-refractivity contribution in [1.29, 1.82) is 0 Å². The van der Waals surface area contributed by atoms with Crippen LogP contribution in [0.4, 0.5) is 0 Å². The molecule has 0 aliphatic carbocycles. The van der Waals surface area contributed by atoms with Crippen molar-refractivity contribution < 1.29 is 0 Å². The van der Waals surface area contributed by atoms with Gasteiger partial charge in [-0.05, 0) is 43.2 Å². The topological polar surface area (TPSA) is 0 Å². The van der Waals surface area contributed by atoms with E-state index in [0.717, 1.165) is 0 Å². The number of unbranched alkanes of at least 4 members (excludes halogenated alkanes) is 2. The first-order valence-electron chi connectivity index (χ1n) is 6.95. The average Bonchev–Trinajstić information content (AvgIpc) is 2.31. The molecule has 0 spiro atoms. The van der Waals surface area contributed by atoms with Crippen molar-refractivity contribution in [1.82, 2.24) is 0 Å². The highest BCUT2D eigenvalue weighted by molar-refractivity contribution is 9.09. The van der Waals surface area contributed by atoms with Crippen molar-refractivity contribution in [3.8, 4) is 0 Å². The van der Waals surface area contributed by atoms with Gasteiger partial charge in [-0.15, -0.1) is 0 Å². The van der Waals surface area contributed by atoms with Crippen molar-refractivity contribution in [3.63, 3.8) is 0 Å². The zero-order valence-electron chi connectivity index (χ0n) is 11.2. The van der Waals surface area contributed by atoms with Crippen LogP contribution in [0.1, 0.15) is 57.1 Å². The number of halogens is 1. The highest BCUT2D eigenvalue weighted by atomic mass is 79.9. The highest BCUT2D eigenvalue weighted by Gasteiger charge is 2.02. The van der Waals surface area contributed by atoms with Gasteiger partial charge < -0.3 is 0 Å². The van der Waals surface area contributed by atoms with Crippen molar-refractivity contribution in [2.75, 3.05) is 0 Å². The molecule has 0 N–H and O–H groups in total. The second kappa shape index (κ2) is 8.74. The van der Waals surface area contributed by atoms with Crippen LogP contribution in [-0.4, -0.2) is 4.83 Å². The quantitative estimate of drug-likeness (QED) is 0.437. The summed E-state index contributed by atoms with van der Waals surface area (Å²) in [5, 5.41) is 0. The molecule has 0 fully saturated rings. The van der Waals surface area contributed by atoms with E-state index in [9.17, 15) is 0 Å². The van der Waals surface area contributed by atoms with Gasteiger partial charge in [0.2, 0.25) is 0 Å². The third-order valence-corrected chi connectivity index (χ3v) is 3.67. The Kier molecular flexibility index (Phi) is 7.59. The van der Waals surface area contributed by atoms with Gasteiger partial charge in [-0.2, -0.15) is 0 Å². The fourth-order valence-corrected chi connectivity index (χ4v) is 2.51. The van der Waals surface area contributed by atoms with E-state index in [1.54, 1.807) is 11.1 Å². The van der Waals surface area contributed by atoms with Gasteiger partial charge in [0.1, 0.15) is 0 Å². The molecular formula is C16H25Br. The summed E-state index contributed by atoms with van der Waals surface area (Å²) in [6, 6.07) is 8.97. The van der Waals surface area contributed by atoms with Gasteiger partial charge >= 0.3 is 0 Å². The van der Waals surface area contributed by atoms with Crippen LogP contribution >= 0.6 is 15.9 Å². The number of hydrogen-bond acceptors (Lipinski definition) is 0. The smallest absolute Gasteiger partial charge is 0.0117 e. The van der Waals surface area contributed by atoms with Crippen molar-refractivity contribution >= 4 is 15.9 Å². The van der Waals surface area contributed by atoms with Gasteiger partial charge in [-0.25, -0.2) is 0 Å². The van der Waals surface area contributed by atoms with Crippen molar-refractivity contribution in [2.24, 2.45) is 0 Å². The Labute approximate surface area is 115 Å². The Morgan fingerprint density at radius 3 is 2.12 bits per heavy atom. The number of aryl methyl sites for hydroxylation is 2. The average molecular weight is 297 g/mol. The van der Waals surface area contributed by atoms with Crippen LogP contribution < -0.4 is 0 Å². The maximum Gasteiger partial charge on any atom is 0.0117 e. The summed E-state index contributed by atoms with van der Waals surface area (Å²) in [5.41, 5.74) is 3.14. The van der Waals surface area contributed by atoms with Crippen molar-refractivity contribution in [2.45, 2.75) is 63.6 Å². The lowest BCUT2D eigenvalue weighted by Gasteiger charge is -2.09. The first-order valence-corrected chi connectivity index (χ1v) is 7.86. The van der Waals surface area contributed by atoms with Crippen LogP contribution in [-0.2, 0) is 12.8 Å². The van der Waals surface area contributed by atoms with Crippen LogP contribution in [0.2, 0.25) is 0 Å². The Morgan fingerprint density at radius 2 is 1.59 bits per heavy atom. The molecule has 0 aromatic heterocycles. The predicted octanol–water partition coefficient (Wildman–Crippen LogP) is 5.53. The van der Waals surface area contributed by atoms with E-state index in [0.29, 0.717) is 4.83 Å². The summed E-state index contributed by atoms with van der Waals surface area (Å²) in [6.45, 7) is 4.50. The molecule has 0 aliphatic rings. The highest BCUT2D eigenvalue weighted by Crippen LogP contribution is 2.17. The van der Waals surface area contributed by atoms with E-state index in [-0.39, 0.29) is 0 Å². The summed E-state index contributed by atoms with van der Waals surface area (Å²) in [5.74, 6) is 0. The molecule has 0 heterocycles. The Balaban J connectivity index is 2.46. The normalized spacial score (nSPS) is 12.6. The lowest BCUT2D eigenvalue weighted by molar-refractivity contribution is 0.700. The SMILES string of the molecule is CCCCCc1ccccc1CCCC(C)Br. The minimum atomic E-state index is 0.648. The Bertz CT molecular complexity index is 304. The van der Waals surface area contributed by atoms with E-state index >= 15 is 0 Å². The monoisotopic (exact) mass is 296 g/mol. The van der Waals surface area contributed by atoms with Crippen LogP contribution in [0.3, 0.4) is 0 Å². The van der Waals surface area contributed by atoms with E-state index in [1.165, 1.54) is 44.9 Å². The zero-order valence-corrected chi connectivity index (χ0v) is 12.8. The molecule has 1 atom stereocenters. The summed E-state index contributed by atoms with van der Waals surface area (Å²) in [4.78, 5) is 0.648. The van der Waals surface area contributed by atoms with E-state index < -0.39 is 0 Å². The number of rotatable bonds is 8. The van der Waals surface area contributed by atoms with E-state index in [1.807, 2.05) is 0 Å². The first-order chi connectivity index (χ1) is 8.24.